The Labute approximate surface area is 107 Å². The van der Waals surface area contributed by atoms with E-state index in [2.05, 4.69) is 31.0 Å². The Bertz CT molecular complexity index is 199. The molecule has 1 aliphatic rings. The van der Waals surface area contributed by atoms with Gasteiger partial charge < -0.3 is 10.1 Å². The SMILES string of the molecule is CCC1CCNC(CN(CC)C(C)COC)C1. The van der Waals surface area contributed by atoms with Crippen LogP contribution in [0.5, 0.6) is 0 Å². The van der Waals surface area contributed by atoms with Gasteiger partial charge in [-0.2, -0.15) is 0 Å². The van der Waals surface area contributed by atoms with E-state index in [0.29, 0.717) is 12.1 Å². The van der Waals surface area contributed by atoms with Gasteiger partial charge in [0.15, 0.2) is 0 Å². The highest BCUT2D eigenvalue weighted by Gasteiger charge is 2.23. The fourth-order valence-corrected chi connectivity index (χ4v) is 2.86. The molecule has 0 radical (unpaired) electrons. The fourth-order valence-electron chi connectivity index (χ4n) is 2.86. The molecule has 0 aromatic carbocycles. The molecule has 3 atom stereocenters. The molecule has 17 heavy (non-hydrogen) atoms. The van der Waals surface area contributed by atoms with Gasteiger partial charge in [-0.3, -0.25) is 4.90 Å². The Balaban J connectivity index is 2.38. The minimum absolute atomic E-state index is 0.522. The number of ether oxygens (including phenoxy) is 1. The second-order valence-electron chi connectivity index (χ2n) is 5.34. The van der Waals surface area contributed by atoms with E-state index in [1.807, 2.05) is 0 Å². The Morgan fingerprint density at radius 3 is 2.76 bits per heavy atom. The van der Waals surface area contributed by atoms with Crippen LogP contribution in [0.4, 0.5) is 0 Å². The largest absolute Gasteiger partial charge is 0.383 e. The predicted molar refractivity (Wildman–Crippen MR) is 73.4 cm³/mol. The molecule has 1 heterocycles. The molecule has 0 aromatic heterocycles. The molecule has 1 aliphatic heterocycles. The van der Waals surface area contributed by atoms with Crippen molar-refractivity contribution >= 4 is 0 Å². The van der Waals surface area contributed by atoms with Gasteiger partial charge in [-0.25, -0.2) is 0 Å². The number of nitrogens with zero attached hydrogens (tertiary/aromatic N) is 1. The van der Waals surface area contributed by atoms with Crippen LogP contribution in [0, 0.1) is 5.92 Å². The third kappa shape index (κ3) is 4.94. The van der Waals surface area contributed by atoms with E-state index >= 15 is 0 Å². The van der Waals surface area contributed by atoms with Gasteiger partial charge in [-0.05, 0) is 38.8 Å². The lowest BCUT2D eigenvalue weighted by Crippen LogP contribution is -2.49. The average molecular weight is 242 g/mol. The van der Waals surface area contributed by atoms with E-state index < -0.39 is 0 Å². The zero-order chi connectivity index (χ0) is 12.7. The van der Waals surface area contributed by atoms with Crippen LogP contribution in [0.2, 0.25) is 0 Å². The molecule has 0 aliphatic carbocycles. The summed E-state index contributed by atoms with van der Waals surface area (Å²) in [4.78, 5) is 2.53. The van der Waals surface area contributed by atoms with E-state index in [4.69, 9.17) is 4.74 Å². The Morgan fingerprint density at radius 2 is 2.18 bits per heavy atom. The predicted octanol–water partition coefficient (Wildman–Crippen LogP) is 2.12. The standard InChI is InChI=1S/C14H30N2O/c1-5-13-7-8-15-14(9-13)10-16(6-2)12(3)11-17-4/h12-15H,5-11H2,1-4H3. The van der Waals surface area contributed by atoms with E-state index in [0.717, 1.165) is 25.6 Å². The molecule has 0 spiro atoms. The van der Waals surface area contributed by atoms with Gasteiger partial charge in [-0.15, -0.1) is 0 Å². The van der Waals surface area contributed by atoms with Crippen molar-refractivity contribution in [2.45, 2.75) is 52.1 Å². The molecule has 0 bridgehead atoms. The van der Waals surface area contributed by atoms with E-state index in [1.54, 1.807) is 7.11 Å². The highest BCUT2D eigenvalue weighted by atomic mass is 16.5. The number of nitrogens with one attached hydrogen (secondary N) is 1. The number of hydrogen-bond donors (Lipinski definition) is 1. The summed E-state index contributed by atoms with van der Waals surface area (Å²) in [7, 11) is 1.79. The third-order valence-corrected chi connectivity index (χ3v) is 4.07. The molecule has 1 N–H and O–H groups in total. The second-order valence-corrected chi connectivity index (χ2v) is 5.34. The van der Waals surface area contributed by atoms with Gasteiger partial charge in [-0.1, -0.05) is 20.3 Å². The van der Waals surface area contributed by atoms with Gasteiger partial charge in [0.25, 0.3) is 0 Å². The Morgan fingerprint density at radius 1 is 1.41 bits per heavy atom. The summed E-state index contributed by atoms with van der Waals surface area (Å²) < 4.78 is 5.26. The molecular formula is C14H30N2O. The van der Waals surface area contributed by atoms with Crippen LogP contribution < -0.4 is 5.32 Å². The van der Waals surface area contributed by atoms with E-state index in [1.165, 1.54) is 25.8 Å². The smallest absolute Gasteiger partial charge is 0.0615 e. The normalized spacial score (nSPS) is 27.4. The summed E-state index contributed by atoms with van der Waals surface area (Å²) in [5, 5.41) is 3.66. The van der Waals surface area contributed by atoms with E-state index in [9.17, 15) is 0 Å². The Hall–Kier alpha value is -0.120. The molecule has 1 fully saturated rings. The van der Waals surface area contributed by atoms with Crippen LogP contribution in [-0.4, -0.2) is 50.3 Å². The molecule has 102 valence electrons. The monoisotopic (exact) mass is 242 g/mol. The number of likely N-dealkylation sites (N-methyl/N-ethyl adjacent to an activating group) is 1. The van der Waals surface area contributed by atoms with Gasteiger partial charge in [0, 0.05) is 25.7 Å². The average Bonchev–Trinajstić information content (AvgIpc) is 2.36. The zero-order valence-electron chi connectivity index (χ0n) is 12.0. The molecular weight excluding hydrogens is 212 g/mol. The topological polar surface area (TPSA) is 24.5 Å². The van der Waals surface area contributed by atoms with Crippen LogP contribution in [-0.2, 0) is 4.74 Å². The third-order valence-electron chi connectivity index (χ3n) is 4.07. The number of piperidine rings is 1. The van der Waals surface area contributed by atoms with Crippen LogP contribution in [0.15, 0.2) is 0 Å². The maximum absolute atomic E-state index is 5.26. The van der Waals surface area contributed by atoms with Crippen molar-refractivity contribution in [3.63, 3.8) is 0 Å². The van der Waals surface area contributed by atoms with Gasteiger partial charge in [0.2, 0.25) is 0 Å². The lowest BCUT2D eigenvalue weighted by molar-refractivity contribution is 0.0895. The molecule has 0 saturated carbocycles. The number of hydrogen-bond acceptors (Lipinski definition) is 3. The summed E-state index contributed by atoms with van der Waals surface area (Å²) in [6.45, 7) is 11.1. The molecule has 0 aromatic rings. The van der Waals surface area contributed by atoms with Crippen molar-refractivity contribution in [2.75, 3.05) is 33.4 Å². The lowest BCUT2D eigenvalue weighted by Gasteiger charge is -2.36. The van der Waals surface area contributed by atoms with Crippen molar-refractivity contribution in [2.24, 2.45) is 5.92 Å². The van der Waals surface area contributed by atoms with Crippen molar-refractivity contribution < 1.29 is 4.74 Å². The Kier molecular flexibility index (Phi) is 7.09. The van der Waals surface area contributed by atoms with Crippen molar-refractivity contribution in [3.05, 3.63) is 0 Å². The molecule has 3 unspecified atom stereocenters. The molecule has 1 rings (SSSR count). The van der Waals surface area contributed by atoms with Crippen molar-refractivity contribution in [1.82, 2.24) is 10.2 Å². The van der Waals surface area contributed by atoms with Crippen molar-refractivity contribution in [3.8, 4) is 0 Å². The highest BCUT2D eigenvalue weighted by molar-refractivity contribution is 4.81. The van der Waals surface area contributed by atoms with Crippen LogP contribution in [0.3, 0.4) is 0 Å². The summed E-state index contributed by atoms with van der Waals surface area (Å²) in [6, 6.07) is 1.20. The summed E-state index contributed by atoms with van der Waals surface area (Å²) in [5.41, 5.74) is 0. The first-order chi connectivity index (χ1) is 8.21. The summed E-state index contributed by atoms with van der Waals surface area (Å²) in [5.74, 6) is 0.928. The second kappa shape index (κ2) is 8.06. The molecule has 3 heteroatoms. The first-order valence-corrected chi connectivity index (χ1v) is 7.17. The van der Waals surface area contributed by atoms with Gasteiger partial charge >= 0.3 is 0 Å². The maximum atomic E-state index is 5.26. The first kappa shape index (κ1) is 14.9. The maximum Gasteiger partial charge on any atom is 0.0615 e. The van der Waals surface area contributed by atoms with Crippen LogP contribution in [0.25, 0.3) is 0 Å². The molecule has 3 nitrogen and oxygen atoms in total. The van der Waals surface area contributed by atoms with E-state index in [-0.39, 0.29) is 0 Å². The minimum Gasteiger partial charge on any atom is -0.383 e. The van der Waals surface area contributed by atoms with Gasteiger partial charge in [0.05, 0.1) is 6.61 Å². The molecule has 0 amide bonds. The first-order valence-electron chi connectivity index (χ1n) is 7.17. The minimum atomic E-state index is 0.522. The summed E-state index contributed by atoms with van der Waals surface area (Å²) >= 11 is 0. The van der Waals surface area contributed by atoms with Crippen molar-refractivity contribution in [1.29, 1.82) is 0 Å². The molecule has 1 saturated heterocycles. The summed E-state index contributed by atoms with van der Waals surface area (Å²) in [6.07, 6.45) is 4.03. The number of rotatable bonds is 7. The zero-order valence-corrected chi connectivity index (χ0v) is 12.0. The quantitative estimate of drug-likeness (QED) is 0.740. The number of methoxy groups -OCH3 is 1. The highest BCUT2D eigenvalue weighted by Crippen LogP contribution is 2.20. The van der Waals surface area contributed by atoms with Gasteiger partial charge in [0.1, 0.15) is 0 Å². The van der Waals surface area contributed by atoms with Crippen LogP contribution in [0.1, 0.15) is 40.0 Å². The lowest BCUT2D eigenvalue weighted by atomic mass is 9.90. The fraction of sp³-hybridized carbons (Fsp3) is 1.00. The van der Waals surface area contributed by atoms with Crippen LogP contribution >= 0.6 is 0 Å².